The van der Waals surface area contributed by atoms with E-state index in [2.05, 4.69) is 0 Å². The van der Waals surface area contributed by atoms with Gasteiger partial charge in [0.1, 0.15) is 0 Å². The average Bonchev–Trinajstić information content (AvgIpc) is 2.94. The lowest BCUT2D eigenvalue weighted by molar-refractivity contribution is -0.136. The lowest BCUT2D eigenvalue weighted by Crippen LogP contribution is -2.44. The number of rotatable bonds is 2. The summed E-state index contributed by atoms with van der Waals surface area (Å²) in [6.07, 6.45) is -3.22. The first kappa shape index (κ1) is 15.4. The highest BCUT2D eigenvalue weighted by Gasteiger charge is 2.73. The lowest BCUT2D eigenvalue weighted by atomic mass is 9.86. The van der Waals surface area contributed by atoms with Gasteiger partial charge in [-0.3, -0.25) is 0 Å². The van der Waals surface area contributed by atoms with Gasteiger partial charge in [-0.15, -0.1) is 11.3 Å². The van der Waals surface area contributed by atoms with Crippen LogP contribution in [0.25, 0.3) is 10.1 Å². The van der Waals surface area contributed by atoms with E-state index in [1.54, 1.807) is 19.1 Å². The third-order valence-electron chi connectivity index (χ3n) is 3.87. The molecule has 2 aromatic rings. The summed E-state index contributed by atoms with van der Waals surface area (Å²) in [5, 5.41) is 0.0525. The first-order valence-corrected chi connectivity index (χ1v) is 7.35. The zero-order chi connectivity index (χ0) is 16.3. The molecule has 0 fully saturated rings. The smallest absolute Gasteiger partial charge is 0.235 e. The number of hydrogen-bond donors (Lipinski definition) is 0. The summed E-state index contributed by atoms with van der Waals surface area (Å²) in [5.74, 6) is -9.92. The fraction of sp³-hybridized carbons (Fsp3) is 0.333. The van der Waals surface area contributed by atoms with Crippen LogP contribution in [0.2, 0.25) is 0 Å². The van der Waals surface area contributed by atoms with Gasteiger partial charge in [-0.1, -0.05) is 25.1 Å². The molecule has 0 amide bonds. The molecule has 7 heteroatoms. The van der Waals surface area contributed by atoms with E-state index in [0.29, 0.717) is 4.70 Å². The molecule has 0 radical (unpaired) electrons. The number of alkyl halides is 4. The van der Waals surface area contributed by atoms with E-state index in [-0.39, 0.29) is 16.7 Å². The molecule has 0 bridgehead atoms. The van der Waals surface area contributed by atoms with E-state index in [1.807, 2.05) is 0 Å². The molecule has 0 nitrogen and oxygen atoms in total. The topological polar surface area (TPSA) is 0 Å². The fourth-order valence-electron chi connectivity index (χ4n) is 2.78. The Morgan fingerprint density at radius 2 is 1.77 bits per heavy atom. The monoisotopic (exact) mass is 336 g/mol. The highest BCUT2D eigenvalue weighted by atomic mass is 32.1. The van der Waals surface area contributed by atoms with E-state index in [9.17, 15) is 22.0 Å². The van der Waals surface area contributed by atoms with Crippen molar-refractivity contribution in [2.75, 3.05) is 0 Å². The first-order valence-electron chi connectivity index (χ1n) is 6.54. The van der Waals surface area contributed by atoms with Crippen LogP contribution >= 0.6 is 11.3 Å². The van der Waals surface area contributed by atoms with Crippen LogP contribution in [0.1, 0.15) is 17.4 Å². The molecule has 0 N–H and O–H groups in total. The summed E-state index contributed by atoms with van der Waals surface area (Å²) in [5.41, 5.74) is -4.73. The molecule has 0 saturated heterocycles. The Hall–Kier alpha value is -1.50. The Labute approximate surface area is 126 Å². The number of hydrogen-bond acceptors (Lipinski definition) is 1. The van der Waals surface area contributed by atoms with Gasteiger partial charge in [-0.2, -0.15) is 8.78 Å². The van der Waals surface area contributed by atoms with E-state index in [1.165, 1.54) is 12.1 Å². The maximum atomic E-state index is 15.1. The lowest BCUT2D eigenvalue weighted by Gasteiger charge is -2.29. The van der Waals surface area contributed by atoms with Gasteiger partial charge < -0.3 is 0 Å². The fourth-order valence-corrected chi connectivity index (χ4v) is 3.98. The second-order valence-corrected chi connectivity index (χ2v) is 6.20. The van der Waals surface area contributed by atoms with Crippen molar-refractivity contribution in [2.45, 2.75) is 31.1 Å². The number of benzene rings is 1. The van der Waals surface area contributed by atoms with Crippen LogP contribution in [-0.2, 0) is 12.1 Å². The molecule has 1 aromatic heterocycles. The molecule has 1 aromatic carbocycles. The van der Waals surface area contributed by atoms with Gasteiger partial charge >= 0.3 is 5.92 Å². The molecule has 0 saturated carbocycles. The predicted octanol–water partition coefficient (Wildman–Crippen LogP) is 5.77. The molecule has 118 valence electrons. The van der Waals surface area contributed by atoms with Crippen molar-refractivity contribution in [2.24, 2.45) is 0 Å². The Morgan fingerprint density at radius 1 is 1.14 bits per heavy atom. The highest BCUT2D eigenvalue weighted by molar-refractivity contribution is 7.19. The minimum absolute atomic E-state index is 0.0525. The molecule has 0 spiro atoms. The summed E-state index contributed by atoms with van der Waals surface area (Å²) in [6, 6.07) is 6.00. The number of halogens is 6. The van der Waals surface area contributed by atoms with Crippen LogP contribution in [0, 0.1) is 0 Å². The van der Waals surface area contributed by atoms with Gasteiger partial charge in [-0.25, -0.2) is 17.6 Å². The van der Waals surface area contributed by atoms with Crippen LogP contribution in [0.3, 0.4) is 0 Å². The number of allylic oxidation sites excluding steroid dienone is 2. The summed E-state index contributed by atoms with van der Waals surface area (Å²) in [4.78, 5) is 0.147. The summed E-state index contributed by atoms with van der Waals surface area (Å²) < 4.78 is 84.3. The van der Waals surface area contributed by atoms with Crippen molar-refractivity contribution in [3.63, 3.8) is 0 Å². The molecular formula is C15H10F6S. The van der Waals surface area contributed by atoms with E-state index >= 15 is 4.39 Å². The van der Waals surface area contributed by atoms with Crippen molar-refractivity contribution in [1.29, 1.82) is 0 Å². The molecule has 1 aliphatic carbocycles. The predicted molar refractivity (Wildman–Crippen MR) is 73.1 cm³/mol. The maximum absolute atomic E-state index is 15.1. The normalized spacial score (nSPS) is 27.9. The van der Waals surface area contributed by atoms with Crippen LogP contribution in [0.4, 0.5) is 26.3 Å². The van der Waals surface area contributed by atoms with Crippen molar-refractivity contribution in [3.05, 3.63) is 46.4 Å². The zero-order valence-corrected chi connectivity index (χ0v) is 12.1. The first-order chi connectivity index (χ1) is 10.3. The van der Waals surface area contributed by atoms with Gasteiger partial charge in [0.2, 0.25) is 11.5 Å². The second kappa shape index (κ2) is 4.75. The maximum Gasteiger partial charge on any atom is 0.342 e. The van der Waals surface area contributed by atoms with Crippen LogP contribution < -0.4 is 0 Å². The summed E-state index contributed by atoms with van der Waals surface area (Å²) >= 11 is 1.01. The quantitative estimate of drug-likeness (QED) is 0.611. The third kappa shape index (κ3) is 1.66. The highest BCUT2D eigenvalue weighted by Crippen LogP contribution is 2.60. The molecular weight excluding hydrogens is 326 g/mol. The molecule has 3 rings (SSSR count). The largest absolute Gasteiger partial charge is 0.342 e. The molecule has 0 aliphatic heterocycles. The van der Waals surface area contributed by atoms with Crippen LogP contribution in [0.15, 0.2) is 35.9 Å². The van der Waals surface area contributed by atoms with Gasteiger partial charge in [-0.05, 0) is 17.9 Å². The number of fused-ring (bicyclic) bond motifs is 1. The van der Waals surface area contributed by atoms with Crippen molar-refractivity contribution >= 4 is 21.4 Å². The Balaban J connectivity index is 2.36. The van der Waals surface area contributed by atoms with Crippen LogP contribution in [0.5, 0.6) is 0 Å². The number of aryl methyl sites for hydroxylation is 1. The summed E-state index contributed by atoms with van der Waals surface area (Å²) in [7, 11) is 0. The Bertz CT molecular complexity index is 777. The Kier molecular flexibility index (Phi) is 3.32. The van der Waals surface area contributed by atoms with Crippen LogP contribution in [-0.4, -0.2) is 12.1 Å². The average molecular weight is 336 g/mol. The van der Waals surface area contributed by atoms with Crippen molar-refractivity contribution in [3.8, 4) is 0 Å². The zero-order valence-electron chi connectivity index (χ0n) is 11.3. The molecule has 2 unspecified atom stereocenters. The Morgan fingerprint density at radius 3 is 2.32 bits per heavy atom. The van der Waals surface area contributed by atoms with E-state index in [0.717, 1.165) is 11.3 Å². The number of thiophene rings is 1. The standard InChI is InChI=1S/C15H10F6S/c1-2-8-10(7-5-3-4-6-9(7)22-8)14(19)12(17)11(16)13(18)15(14,20)21/h3-6,12H,2H2,1H3. The van der Waals surface area contributed by atoms with E-state index in [4.69, 9.17) is 0 Å². The second-order valence-electron chi connectivity index (χ2n) is 5.06. The molecule has 1 aliphatic rings. The molecule has 2 atom stereocenters. The molecule has 22 heavy (non-hydrogen) atoms. The van der Waals surface area contributed by atoms with Gasteiger partial charge in [0, 0.05) is 15.1 Å². The van der Waals surface area contributed by atoms with E-state index < -0.39 is 35.0 Å². The van der Waals surface area contributed by atoms with Gasteiger partial charge in [0.05, 0.1) is 0 Å². The van der Waals surface area contributed by atoms with Crippen molar-refractivity contribution < 1.29 is 26.3 Å². The SMILES string of the molecule is CCc1sc2ccccc2c1C1(F)C(F)C(F)=C(F)C1(F)F. The summed E-state index contributed by atoms with van der Waals surface area (Å²) in [6.45, 7) is 1.58. The third-order valence-corrected chi connectivity index (χ3v) is 5.18. The van der Waals surface area contributed by atoms with Gasteiger partial charge in [0.25, 0.3) is 0 Å². The minimum Gasteiger partial charge on any atom is -0.235 e. The van der Waals surface area contributed by atoms with Gasteiger partial charge in [0.15, 0.2) is 12.0 Å². The van der Waals surface area contributed by atoms with Crippen molar-refractivity contribution in [1.82, 2.24) is 0 Å². The molecule has 1 heterocycles. The minimum atomic E-state index is -4.88.